The zero-order valence-corrected chi connectivity index (χ0v) is 24.4. The van der Waals surface area contributed by atoms with Crippen molar-refractivity contribution in [3.05, 3.63) is 59.7 Å². The summed E-state index contributed by atoms with van der Waals surface area (Å²) in [6.07, 6.45) is 8.78. The Bertz CT molecular complexity index is 995. The molecule has 1 heterocycles. The fraction of sp³-hybridized carbons (Fsp3) is 0.567. The molecule has 216 valence electrons. The third-order valence-corrected chi connectivity index (χ3v) is 7.60. The SMILES string of the molecule is CCCCCNC(=O)N(CCCCC)C1CCN(Cc2ccc(Oc3ccc(CNS(=O)O)cc3)cc2)CC1. The summed E-state index contributed by atoms with van der Waals surface area (Å²) in [4.78, 5) is 17.6. The quantitative estimate of drug-likeness (QED) is 0.172. The largest absolute Gasteiger partial charge is 0.457 e. The van der Waals surface area contributed by atoms with Crippen LogP contribution < -0.4 is 14.8 Å². The summed E-state index contributed by atoms with van der Waals surface area (Å²) < 4.78 is 28.0. The second-order valence-corrected chi connectivity index (χ2v) is 11.1. The van der Waals surface area contributed by atoms with Crippen molar-refractivity contribution < 1.29 is 18.3 Å². The van der Waals surface area contributed by atoms with Crippen molar-refractivity contribution in [2.75, 3.05) is 26.2 Å². The van der Waals surface area contributed by atoms with E-state index < -0.39 is 11.3 Å². The van der Waals surface area contributed by atoms with Crippen LogP contribution in [0.1, 0.15) is 76.3 Å². The van der Waals surface area contributed by atoms with Crippen molar-refractivity contribution in [1.82, 2.24) is 19.8 Å². The number of amides is 2. The predicted octanol–water partition coefficient (Wildman–Crippen LogP) is 6.06. The Balaban J connectivity index is 1.45. The number of likely N-dealkylation sites (tertiary alicyclic amines) is 1. The molecule has 1 saturated heterocycles. The van der Waals surface area contributed by atoms with E-state index in [2.05, 4.69) is 45.8 Å². The smallest absolute Gasteiger partial charge is 0.317 e. The van der Waals surface area contributed by atoms with Crippen molar-refractivity contribution in [3.8, 4) is 11.5 Å². The van der Waals surface area contributed by atoms with Crippen LogP contribution >= 0.6 is 0 Å². The van der Waals surface area contributed by atoms with Gasteiger partial charge >= 0.3 is 6.03 Å². The molecule has 8 nitrogen and oxygen atoms in total. The molecule has 0 radical (unpaired) electrons. The number of nitrogens with zero attached hydrogens (tertiary/aromatic N) is 2. The number of carbonyl (C=O) groups is 1. The van der Waals surface area contributed by atoms with Crippen molar-refractivity contribution in [1.29, 1.82) is 0 Å². The lowest BCUT2D eigenvalue weighted by Gasteiger charge is -2.38. The van der Waals surface area contributed by atoms with E-state index in [0.717, 1.165) is 101 Å². The van der Waals surface area contributed by atoms with Crippen molar-refractivity contribution >= 4 is 17.3 Å². The van der Waals surface area contributed by atoms with E-state index in [0.29, 0.717) is 12.6 Å². The van der Waals surface area contributed by atoms with Crippen LogP contribution in [0.3, 0.4) is 0 Å². The summed E-state index contributed by atoms with van der Waals surface area (Å²) in [5, 5.41) is 3.17. The van der Waals surface area contributed by atoms with E-state index in [1.165, 1.54) is 5.56 Å². The maximum absolute atomic E-state index is 13.0. The number of nitrogens with one attached hydrogen (secondary N) is 2. The van der Waals surface area contributed by atoms with Crippen LogP contribution in [0.4, 0.5) is 4.79 Å². The number of urea groups is 1. The molecule has 2 aromatic carbocycles. The molecule has 0 saturated carbocycles. The van der Waals surface area contributed by atoms with E-state index in [4.69, 9.17) is 9.29 Å². The molecule has 3 N–H and O–H groups in total. The minimum Gasteiger partial charge on any atom is -0.457 e. The number of hydrogen-bond donors (Lipinski definition) is 3. The second kappa shape index (κ2) is 17.3. The second-order valence-electron chi connectivity index (χ2n) is 10.3. The summed E-state index contributed by atoms with van der Waals surface area (Å²) in [6.45, 7) is 9.19. The van der Waals surface area contributed by atoms with Gasteiger partial charge in [0.15, 0.2) is 0 Å². The topological polar surface area (TPSA) is 94.1 Å². The maximum atomic E-state index is 13.0. The molecule has 3 rings (SSSR count). The molecule has 2 amide bonds. The maximum Gasteiger partial charge on any atom is 0.317 e. The fourth-order valence-corrected chi connectivity index (χ4v) is 5.21. The van der Waals surface area contributed by atoms with Gasteiger partial charge in [-0.3, -0.25) is 9.45 Å². The first-order valence-corrected chi connectivity index (χ1v) is 15.6. The highest BCUT2D eigenvalue weighted by molar-refractivity contribution is 7.77. The number of piperidine rings is 1. The molecular weight excluding hydrogens is 512 g/mol. The minimum atomic E-state index is -2.02. The lowest BCUT2D eigenvalue weighted by molar-refractivity contribution is 0.116. The Labute approximate surface area is 236 Å². The Hall–Kier alpha value is -2.46. The van der Waals surface area contributed by atoms with Gasteiger partial charge in [0.1, 0.15) is 11.5 Å². The molecule has 1 aliphatic rings. The summed E-state index contributed by atoms with van der Waals surface area (Å²) >= 11 is -2.02. The van der Waals surface area contributed by atoms with Crippen molar-refractivity contribution in [2.45, 2.75) is 84.3 Å². The normalized spacial score (nSPS) is 15.2. The molecular formula is C30H46N4O4S. The van der Waals surface area contributed by atoms with Gasteiger partial charge in [0, 0.05) is 45.3 Å². The van der Waals surface area contributed by atoms with E-state index in [1.807, 2.05) is 36.4 Å². The Kier molecular flexibility index (Phi) is 13.8. The van der Waals surface area contributed by atoms with Gasteiger partial charge in [-0.25, -0.2) is 13.7 Å². The number of ether oxygens (including phenoxy) is 1. The number of unbranched alkanes of at least 4 members (excludes halogenated alkanes) is 4. The van der Waals surface area contributed by atoms with Crippen LogP contribution in [0.25, 0.3) is 0 Å². The fourth-order valence-electron chi connectivity index (χ4n) is 4.92. The molecule has 1 unspecified atom stereocenters. The monoisotopic (exact) mass is 558 g/mol. The van der Waals surface area contributed by atoms with E-state index in [1.54, 1.807) is 0 Å². The number of benzene rings is 2. The molecule has 39 heavy (non-hydrogen) atoms. The summed E-state index contributed by atoms with van der Waals surface area (Å²) in [5.74, 6) is 1.49. The molecule has 2 aromatic rings. The van der Waals surface area contributed by atoms with Gasteiger partial charge in [0.2, 0.25) is 11.3 Å². The molecule has 1 atom stereocenters. The van der Waals surface area contributed by atoms with Crippen LogP contribution in [0.15, 0.2) is 48.5 Å². The van der Waals surface area contributed by atoms with Gasteiger partial charge in [0.25, 0.3) is 0 Å². The Morgan fingerprint density at radius 3 is 2.13 bits per heavy atom. The van der Waals surface area contributed by atoms with Crippen LogP contribution in [0.2, 0.25) is 0 Å². The van der Waals surface area contributed by atoms with Gasteiger partial charge in [-0.05, 0) is 61.1 Å². The van der Waals surface area contributed by atoms with E-state index in [9.17, 15) is 9.00 Å². The van der Waals surface area contributed by atoms with Gasteiger partial charge in [-0.15, -0.1) is 0 Å². The summed E-state index contributed by atoms with van der Waals surface area (Å²) in [5.41, 5.74) is 2.15. The van der Waals surface area contributed by atoms with Crippen molar-refractivity contribution in [2.24, 2.45) is 0 Å². The molecule has 0 spiro atoms. The van der Waals surface area contributed by atoms with Crippen LogP contribution in [0.5, 0.6) is 11.5 Å². The zero-order valence-electron chi connectivity index (χ0n) is 23.6. The minimum absolute atomic E-state index is 0.115. The average Bonchev–Trinajstić information content (AvgIpc) is 2.95. The standard InChI is InChI=1S/C30H46N4O4S/c1-3-5-7-19-31-30(35)34(20-8-6-4-2)27-17-21-33(22-18-27)24-26-11-15-29(16-12-26)38-28-13-9-25(10-14-28)23-32-39(36)37/h9-16,27,32H,3-8,17-24H2,1-2H3,(H,31,35)(H,36,37). The zero-order chi connectivity index (χ0) is 27.9. The van der Waals surface area contributed by atoms with Gasteiger partial charge < -0.3 is 15.0 Å². The third-order valence-electron chi connectivity index (χ3n) is 7.21. The Morgan fingerprint density at radius 2 is 1.54 bits per heavy atom. The molecule has 0 aromatic heterocycles. The van der Waals surface area contributed by atoms with Crippen molar-refractivity contribution in [3.63, 3.8) is 0 Å². The van der Waals surface area contributed by atoms with Crippen LogP contribution in [-0.2, 0) is 24.4 Å². The molecule has 1 fully saturated rings. The third kappa shape index (κ3) is 11.3. The first-order valence-electron chi connectivity index (χ1n) is 14.5. The predicted molar refractivity (Wildman–Crippen MR) is 158 cm³/mol. The first kappa shape index (κ1) is 31.1. The van der Waals surface area contributed by atoms with Gasteiger partial charge in [0.05, 0.1) is 0 Å². The van der Waals surface area contributed by atoms with E-state index >= 15 is 0 Å². The Morgan fingerprint density at radius 1 is 0.949 bits per heavy atom. The molecule has 1 aliphatic heterocycles. The highest BCUT2D eigenvalue weighted by Crippen LogP contribution is 2.24. The average molecular weight is 559 g/mol. The van der Waals surface area contributed by atoms with Gasteiger partial charge in [-0.1, -0.05) is 63.8 Å². The van der Waals surface area contributed by atoms with E-state index in [-0.39, 0.29) is 6.03 Å². The highest BCUT2D eigenvalue weighted by Gasteiger charge is 2.27. The number of hydrogen-bond acceptors (Lipinski definition) is 4. The van der Waals surface area contributed by atoms with Crippen LogP contribution in [-0.4, -0.2) is 56.8 Å². The lowest BCUT2D eigenvalue weighted by atomic mass is 10.0. The lowest BCUT2D eigenvalue weighted by Crippen LogP contribution is -2.51. The molecule has 9 heteroatoms. The first-order chi connectivity index (χ1) is 19.0. The summed E-state index contributed by atoms with van der Waals surface area (Å²) in [6, 6.07) is 16.1. The van der Waals surface area contributed by atoms with Gasteiger partial charge in [-0.2, -0.15) is 0 Å². The number of rotatable bonds is 16. The highest BCUT2D eigenvalue weighted by atomic mass is 32.2. The van der Waals surface area contributed by atoms with Crippen LogP contribution in [0, 0.1) is 0 Å². The number of carbonyl (C=O) groups excluding carboxylic acids is 1. The molecule has 0 aliphatic carbocycles. The summed E-state index contributed by atoms with van der Waals surface area (Å²) in [7, 11) is 0. The molecule has 0 bridgehead atoms.